The van der Waals surface area contributed by atoms with Gasteiger partial charge >= 0.3 is 0 Å². The first-order valence-electron chi connectivity index (χ1n) is 13.6. The Morgan fingerprint density at radius 2 is 1.65 bits per heavy atom. The number of likely N-dealkylation sites (N-methyl/N-ethyl adjacent to an activating group) is 1. The fourth-order valence-corrected chi connectivity index (χ4v) is 6.36. The summed E-state index contributed by atoms with van der Waals surface area (Å²) in [6.07, 6.45) is 13.0. The maximum absolute atomic E-state index is 12.4. The van der Waals surface area contributed by atoms with E-state index in [0.29, 0.717) is 6.04 Å². The highest BCUT2D eigenvalue weighted by Gasteiger charge is 2.31. The number of carbonyl (C=O) groups excluding carboxylic acids is 1. The predicted octanol–water partition coefficient (Wildman–Crippen LogP) is 4.10. The lowest BCUT2D eigenvalue weighted by Crippen LogP contribution is -2.55. The van der Waals surface area contributed by atoms with Crippen LogP contribution in [0.25, 0.3) is 0 Å². The first-order chi connectivity index (χ1) is 16.6. The number of amides is 1. The molecule has 6 nitrogen and oxygen atoms in total. The molecule has 1 atom stereocenters. The van der Waals surface area contributed by atoms with Gasteiger partial charge in [-0.25, -0.2) is 0 Å². The van der Waals surface area contributed by atoms with Gasteiger partial charge in [-0.05, 0) is 57.6 Å². The van der Waals surface area contributed by atoms with E-state index in [1.54, 1.807) is 7.05 Å². The van der Waals surface area contributed by atoms with E-state index >= 15 is 0 Å². The molecule has 1 aromatic heterocycles. The Bertz CT molecular complexity index is 805. The quantitative estimate of drug-likeness (QED) is 0.583. The molecule has 188 valence electrons. The van der Waals surface area contributed by atoms with Crippen molar-refractivity contribution in [2.45, 2.75) is 82.7 Å². The zero-order valence-corrected chi connectivity index (χ0v) is 21.5. The topological polar surface area (TPSA) is 51.7 Å². The summed E-state index contributed by atoms with van der Waals surface area (Å²) in [5, 5.41) is 2.80. The molecule has 4 rings (SSSR count). The highest BCUT2D eigenvalue weighted by atomic mass is 16.1. The van der Waals surface area contributed by atoms with Gasteiger partial charge in [0.2, 0.25) is 5.91 Å². The van der Waals surface area contributed by atoms with Crippen LogP contribution in [0.5, 0.6) is 0 Å². The van der Waals surface area contributed by atoms with Crippen LogP contribution in [-0.2, 0) is 4.79 Å². The fraction of sp³-hybridized carbons (Fsp3) is 0.714. The van der Waals surface area contributed by atoms with Gasteiger partial charge in [-0.2, -0.15) is 0 Å². The van der Waals surface area contributed by atoms with Crippen molar-refractivity contribution in [3.8, 4) is 0 Å². The van der Waals surface area contributed by atoms with Crippen LogP contribution in [0.2, 0.25) is 0 Å². The molecule has 2 aliphatic heterocycles. The van der Waals surface area contributed by atoms with Crippen molar-refractivity contribution in [1.29, 1.82) is 0 Å². The summed E-state index contributed by atoms with van der Waals surface area (Å²) in [6.45, 7) is 13.1. The summed E-state index contributed by atoms with van der Waals surface area (Å²) in [7, 11) is 1.70. The highest BCUT2D eigenvalue weighted by molar-refractivity contribution is 5.83. The Labute approximate surface area is 206 Å². The number of piperidine rings is 1. The standard InChI is InChI=1S/C28H45N5O/c1-4-5-11-25(28(34)29-3)26-12-13-27(22(2)30-26)33-16-14-24(15-17-33)32-20-18-31(19-21-32)23-9-7-6-8-10-23/h4,12-13,23-25H,1,5-11,14-21H2,2-3H3,(H,29,34). The molecule has 3 aliphatic rings. The number of piperazine rings is 1. The molecule has 2 saturated heterocycles. The fourth-order valence-electron chi connectivity index (χ4n) is 6.36. The molecule has 1 saturated carbocycles. The summed E-state index contributed by atoms with van der Waals surface area (Å²) in [5.41, 5.74) is 3.13. The molecule has 34 heavy (non-hydrogen) atoms. The van der Waals surface area contributed by atoms with Crippen LogP contribution in [0.1, 0.15) is 75.1 Å². The number of carbonyl (C=O) groups is 1. The van der Waals surface area contributed by atoms with Crippen LogP contribution in [-0.4, -0.2) is 79.1 Å². The number of nitrogens with one attached hydrogen (secondary N) is 1. The first kappa shape index (κ1) is 25.2. The molecule has 3 heterocycles. The molecule has 6 heteroatoms. The van der Waals surface area contributed by atoms with Crippen LogP contribution in [0, 0.1) is 6.92 Å². The van der Waals surface area contributed by atoms with E-state index in [-0.39, 0.29) is 11.8 Å². The monoisotopic (exact) mass is 467 g/mol. The number of hydrogen-bond donors (Lipinski definition) is 1. The molecule has 1 aliphatic carbocycles. The number of aryl methyl sites for hydroxylation is 1. The smallest absolute Gasteiger partial charge is 0.228 e. The molecular weight excluding hydrogens is 422 g/mol. The Morgan fingerprint density at radius 1 is 1.03 bits per heavy atom. The van der Waals surface area contributed by atoms with Gasteiger partial charge in [0.05, 0.1) is 23.0 Å². The first-order valence-corrected chi connectivity index (χ1v) is 13.6. The number of pyridine rings is 1. The van der Waals surface area contributed by atoms with Gasteiger partial charge in [0.15, 0.2) is 0 Å². The Balaban J connectivity index is 1.30. The van der Waals surface area contributed by atoms with E-state index in [0.717, 1.165) is 43.4 Å². The molecule has 1 N–H and O–H groups in total. The van der Waals surface area contributed by atoms with Crippen molar-refractivity contribution in [3.63, 3.8) is 0 Å². The van der Waals surface area contributed by atoms with Gasteiger partial charge < -0.3 is 10.2 Å². The largest absolute Gasteiger partial charge is 0.370 e. The lowest BCUT2D eigenvalue weighted by Gasteiger charge is -2.45. The molecule has 0 aromatic carbocycles. The average molecular weight is 468 g/mol. The van der Waals surface area contributed by atoms with E-state index in [1.165, 1.54) is 76.8 Å². The van der Waals surface area contributed by atoms with E-state index in [9.17, 15) is 4.79 Å². The lowest BCUT2D eigenvalue weighted by atomic mass is 9.93. The molecule has 1 unspecified atom stereocenters. The minimum atomic E-state index is -0.214. The van der Waals surface area contributed by atoms with Crippen molar-refractivity contribution in [1.82, 2.24) is 20.1 Å². The van der Waals surface area contributed by atoms with Crippen molar-refractivity contribution in [3.05, 3.63) is 36.2 Å². The Kier molecular flexibility index (Phi) is 9.01. The van der Waals surface area contributed by atoms with Crippen LogP contribution in [0.4, 0.5) is 5.69 Å². The van der Waals surface area contributed by atoms with Crippen LogP contribution >= 0.6 is 0 Å². The zero-order valence-electron chi connectivity index (χ0n) is 21.5. The number of anilines is 1. The van der Waals surface area contributed by atoms with Gasteiger partial charge in [0.25, 0.3) is 0 Å². The summed E-state index contributed by atoms with van der Waals surface area (Å²) >= 11 is 0. The molecule has 1 amide bonds. The predicted molar refractivity (Wildman–Crippen MR) is 140 cm³/mol. The van der Waals surface area contributed by atoms with E-state index < -0.39 is 0 Å². The molecule has 3 fully saturated rings. The van der Waals surface area contributed by atoms with Gasteiger partial charge in [-0.15, -0.1) is 6.58 Å². The molecule has 1 aromatic rings. The number of hydrogen-bond acceptors (Lipinski definition) is 5. The highest BCUT2D eigenvalue weighted by Crippen LogP contribution is 2.29. The number of aromatic nitrogens is 1. The lowest BCUT2D eigenvalue weighted by molar-refractivity contribution is -0.122. The number of nitrogens with zero attached hydrogens (tertiary/aromatic N) is 4. The second-order valence-corrected chi connectivity index (χ2v) is 10.5. The third-order valence-corrected chi connectivity index (χ3v) is 8.42. The second-order valence-electron chi connectivity index (χ2n) is 10.5. The minimum absolute atomic E-state index is 0.0332. The number of allylic oxidation sites excluding steroid dienone is 1. The molecular formula is C28H45N5O. The number of rotatable bonds is 8. The van der Waals surface area contributed by atoms with E-state index in [4.69, 9.17) is 4.98 Å². The van der Waals surface area contributed by atoms with Crippen molar-refractivity contribution in [2.75, 3.05) is 51.2 Å². The zero-order chi connectivity index (χ0) is 23.9. The SMILES string of the molecule is C=CCCC(C(=O)NC)c1ccc(N2CCC(N3CCN(C4CCCCC4)CC3)CC2)c(C)n1. The van der Waals surface area contributed by atoms with Gasteiger partial charge in [0.1, 0.15) is 0 Å². The van der Waals surface area contributed by atoms with Crippen molar-refractivity contribution in [2.24, 2.45) is 0 Å². The Hall–Kier alpha value is -1.92. The van der Waals surface area contributed by atoms with E-state index in [1.807, 2.05) is 6.08 Å². The molecule has 0 radical (unpaired) electrons. The van der Waals surface area contributed by atoms with Gasteiger partial charge in [-0.3, -0.25) is 19.6 Å². The summed E-state index contributed by atoms with van der Waals surface area (Å²) < 4.78 is 0. The minimum Gasteiger partial charge on any atom is -0.370 e. The summed E-state index contributed by atoms with van der Waals surface area (Å²) in [5.74, 6) is -0.181. The second kappa shape index (κ2) is 12.2. The normalized spacial score (nSPS) is 22.5. The third kappa shape index (κ3) is 6.01. The van der Waals surface area contributed by atoms with Gasteiger partial charge in [-0.1, -0.05) is 25.3 Å². The average Bonchev–Trinajstić information content (AvgIpc) is 2.89. The maximum atomic E-state index is 12.4. The Morgan fingerprint density at radius 3 is 2.21 bits per heavy atom. The van der Waals surface area contributed by atoms with Crippen LogP contribution in [0.15, 0.2) is 24.8 Å². The summed E-state index contributed by atoms with van der Waals surface area (Å²) in [6, 6.07) is 5.82. The van der Waals surface area contributed by atoms with Crippen molar-refractivity contribution < 1.29 is 4.79 Å². The van der Waals surface area contributed by atoms with E-state index in [2.05, 4.69) is 45.7 Å². The van der Waals surface area contributed by atoms with Crippen molar-refractivity contribution >= 4 is 11.6 Å². The van der Waals surface area contributed by atoms with Gasteiger partial charge in [0, 0.05) is 58.4 Å². The van der Waals surface area contributed by atoms with Crippen LogP contribution in [0.3, 0.4) is 0 Å². The third-order valence-electron chi connectivity index (χ3n) is 8.42. The van der Waals surface area contributed by atoms with Crippen LogP contribution < -0.4 is 10.2 Å². The molecule has 0 bridgehead atoms. The maximum Gasteiger partial charge on any atom is 0.228 e. The summed E-state index contributed by atoms with van der Waals surface area (Å²) in [4.78, 5) is 25.3. The molecule has 0 spiro atoms.